The quantitative estimate of drug-likeness (QED) is 0.273. The van der Waals surface area contributed by atoms with Gasteiger partial charge in [0.1, 0.15) is 5.76 Å². The third kappa shape index (κ3) is 7.12. The number of furan rings is 1. The number of anilines is 1. The Labute approximate surface area is 177 Å². The lowest BCUT2D eigenvalue weighted by atomic mass is 9.97. The Kier molecular flexibility index (Phi) is 9.05. The molecule has 156 valence electrons. The van der Waals surface area contributed by atoms with Crippen molar-refractivity contribution in [1.82, 2.24) is 0 Å². The first-order chi connectivity index (χ1) is 13.9. The number of hydrogen-bond acceptors (Lipinski definition) is 2. The maximum absolute atomic E-state index is 5.39. The summed E-state index contributed by atoms with van der Waals surface area (Å²) in [7, 11) is 0. The van der Waals surface area contributed by atoms with Gasteiger partial charge < -0.3 is 9.73 Å². The molecule has 0 unspecified atom stereocenters. The number of allylic oxidation sites excluding steroid dienone is 2. The summed E-state index contributed by atoms with van der Waals surface area (Å²) in [5, 5.41) is 3.45. The average Bonchev–Trinajstić information content (AvgIpc) is 3.13. The average molecular weight is 392 g/mol. The number of nitrogens with one attached hydrogen (secondary N) is 1. The number of benzene rings is 1. The summed E-state index contributed by atoms with van der Waals surface area (Å²) in [5.41, 5.74) is 7.92. The van der Waals surface area contributed by atoms with Gasteiger partial charge in [-0.15, -0.1) is 0 Å². The number of unbranched alkanes of at least 4 members (excludes halogenated alkanes) is 3. The predicted octanol–water partition coefficient (Wildman–Crippen LogP) is 8.69. The van der Waals surface area contributed by atoms with Crippen LogP contribution in [0.5, 0.6) is 0 Å². The van der Waals surface area contributed by atoms with Crippen molar-refractivity contribution in [2.45, 2.75) is 72.1 Å². The Morgan fingerprint density at radius 3 is 2.34 bits per heavy atom. The monoisotopic (exact) mass is 391 g/mol. The standard InChI is InChI=1S/C27H37NO/c1-7-8-12-20(2)13-10-9-11-14-21(3)25-16-15-22(4)27(19-25)28-23(5)26-17-18-29-24(26)6/h15-19,28H,2-3,5,7-14H2,1,4,6H3. The van der Waals surface area contributed by atoms with Crippen LogP contribution >= 0.6 is 0 Å². The summed E-state index contributed by atoms with van der Waals surface area (Å²) >= 11 is 0. The van der Waals surface area contributed by atoms with Crippen molar-refractivity contribution in [3.8, 4) is 0 Å². The van der Waals surface area contributed by atoms with E-state index in [1.807, 2.05) is 13.0 Å². The van der Waals surface area contributed by atoms with Crippen LogP contribution in [0.1, 0.15) is 80.7 Å². The molecule has 1 N–H and O–H groups in total. The highest BCUT2D eigenvalue weighted by molar-refractivity contribution is 5.79. The Balaban J connectivity index is 1.85. The second-order valence-electron chi connectivity index (χ2n) is 8.04. The van der Waals surface area contributed by atoms with E-state index in [-0.39, 0.29) is 0 Å². The lowest BCUT2D eigenvalue weighted by Crippen LogP contribution is -2.00. The third-order valence-corrected chi connectivity index (χ3v) is 5.51. The van der Waals surface area contributed by atoms with Crippen molar-refractivity contribution in [3.63, 3.8) is 0 Å². The molecule has 0 atom stereocenters. The van der Waals surface area contributed by atoms with Crippen LogP contribution in [0.3, 0.4) is 0 Å². The molecule has 1 aromatic carbocycles. The first-order valence-electron chi connectivity index (χ1n) is 10.9. The van der Waals surface area contributed by atoms with E-state index in [2.05, 4.69) is 57.1 Å². The van der Waals surface area contributed by atoms with Gasteiger partial charge in [0.05, 0.1) is 6.26 Å². The summed E-state index contributed by atoms with van der Waals surface area (Å²) in [4.78, 5) is 0. The summed E-state index contributed by atoms with van der Waals surface area (Å²) < 4.78 is 5.39. The lowest BCUT2D eigenvalue weighted by Gasteiger charge is -2.14. The third-order valence-electron chi connectivity index (χ3n) is 5.51. The fraction of sp³-hybridized carbons (Fsp3) is 0.407. The normalized spacial score (nSPS) is 10.7. The second kappa shape index (κ2) is 11.5. The summed E-state index contributed by atoms with van der Waals surface area (Å²) in [6.45, 7) is 19.0. The fourth-order valence-corrected chi connectivity index (χ4v) is 3.49. The van der Waals surface area contributed by atoms with Crippen molar-refractivity contribution in [3.05, 3.63) is 78.3 Å². The zero-order valence-corrected chi connectivity index (χ0v) is 18.6. The molecule has 0 saturated carbocycles. The van der Waals surface area contributed by atoms with Gasteiger partial charge >= 0.3 is 0 Å². The van der Waals surface area contributed by atoms with Crippen molar-refractivity contribution >= 4 is 17.0 Å². The van der Waals surface area contributed by atoms with Crippen molar-refractivity contribution in [2.75, 3.05) is 5.32 Å². The predicted molar refractivity (Wildman–Crippen MR) is 128 cm³/mol. The van der Waals surface area contributed by atoms with Crippen LogP contribution in [0, 0.1) is 13.8 Å². The lowest BCUT2D eigenvalue weighted by molar-refractivity contribution is 0.533. The Hall–Kier alpha value is -2.48. The molecular weight excluding hydrogens is 354 g/mol. The molecule has 0 amide bonds. The van der Waals surface area contributed by atoms with Crippen LogP contribution in [-0.4, -0.2) is 0 Å². The topological polar surface area (TPSA) is 25.2 Å². The maximum atomic E-state index is 5.39. The van der Waals surface area contributed by atoms with Gasteiger partial charge in [0, 0.05) is 16.9 Å². The molecule has 0 aliphatic rings. The van der Waals surface area contributed by atoms with E-state index in [0.717, 1.165) is 29.1 Å². The molecule has 0 saturated heterocycles. The van der Waals surface area contributed by atoms with Gasteiger partial charge in [0.25, 0.3) is 0 Å². The van der Waals surface area contributed by atoms with Crippen molar-refractivity contribution < 1.29 is 4.42 Å². The Morgan fingerprint density at radius 2 is 1.66 bits per heavy atom. The second-order valence-corrected chi connectivity index (χ2v) is 8.04. The van der Waals surface area contributed by atoms with E-state index < -0.39 is 0 Å². The minimum Gasteiger partial charge on any atom is -0.469 e. The molecule has 0 fully saturated rings. The molecule has 2 nitrogen and oxygen atoms in total. The number of aryl methyl sites for hydroxylation is 2. The molecule has 2 aromatic rings. The van der Waals surface area contributed by atoms with E-state index in [1.165, 1.54) is 67.2 Å². The molecule has 0 aliphatic carbocycles. The molecular formula is C27H37NO. The minimum atomic E-state index is 0.852. The van der Waals surface area contributed by atoms with E-state index in [1.54, 1.807) is 6.26 Å². The molecule has 1 aromatic heterocycles. The maximum Gasteiger partial charge on any atom is 0.109 e. The van der Waals surface area contributed by atoms with Crippen LogP contribution in [0.4, 0.5) is 5.69 Å². The zero-order valence-electron chi connectivity index (χ0n) is 18.6. The molecule has 2 heteroatoms. The summed E-state index contributed by atoms with van der Waals surface area (Å²) in [6, 6.07) is 8.45. The van der Waals surface area contributed by atoms with Gasteiger partial charge in [0.2, 0.25) is 0 Å². The molecule has 29 heavy (non-hydrogen) atoms. The highest BCUT2D eigenvalue weighted by Crippen LogP contribution is 2.28. The van der Waals surface area contributed by atoms with Gasteiger partial charge in [-0.25, -0.2) is 0 Å². The van der Waals surface area contributed by atoms with Gasteiger partial charge in [-0.3, -0.25) is 0 Å². The molecule has 2 rings (SSSR count). The Bertz CT molecular complexity index is 840. The summed E-state index contributed by atoms with van der Waals surface area (Å²) in [6.07, 6.45) is 11.3. The first kappa shape index (κ1) is 22.8. The molecule has 0 spiro atoms. The van der Waals surface area contributed by atoms with Gasteiger partial charge in [0.15, 0.2) is 0 Å². The number of rotatable bonds is 13. The Morgan fingerprint density at radius 1 is 0.931 bits per heavy atom. The highest BCUT2D eigenvalue weighted by atomic mass is 16.3. The van der Waals surface area contributed by atoms with Crippen LogP contribution in [-0.2, 0) is 0 Å². The van der Waals surface area contributed by atoms with E-state index >= 15 is 0 Å². The van der Waals surface area contributed by atoms with Crippen LogP contribution in [0.15, 0.2) is 60.3 Å². The van der Waals surface area contributed by atoms with Crippen LogP contribution in [0.25, 0.3) is 11.3 Å². The number of hydrogen-bond donors (Lipinski definition) is 1. The zero-order chi connectivity index (χ0) is 21.2. The molecule has 0 aliphatic heterocycles. The van der Waals surface area contributed by atoms with Crippen LogP contribution in [0.2, 0.25) is 0 Å². The van der Waals surface area contributed by atoms with Gasteiger partial charge in [-0.1, -0.05) is 57.2 Å². The molecule has 0 bridgehead atoms. The minimum absolute atomic E-state index is 0.852. The molecule has 0 radical (unpaired) electrons. The fourth-order valence-electron chi connectivity index (χ4n) is 3.49. The SMILES string of the molecule is C=C(CCCC)CCCCCC(=C)c1ccc(C)c(NC(=C)c2ccoc2C)c1. The van der Waals surface area contributed by atoms with Crippen LogP contribution < -0.4 is 5.32 Å². The highest BCUT2D eigenvalue weighted by Gasteiger charge is 2.09. The first-order valence-corrected chi connectivity index (χ1v) is 10.9. The summed E-state index contributed by atoms with van der Waals surface area (Å²) in [5.74, 6) is 0.873. The smallest absolute Gasteiger partial charge is 0.109 e. The van der Waals surface area contributed by atoms with Crippen molar-refractivity contribution in [2.24, 2.45) is 0 Å². The largest absolute Gasteiger partial charge is 0.469 e. The van der Waals surface area contributed by atoms with E-state index in [4.69, 9.17) is 4.42 Å². The van der Waals surface area contributed by atoms with E-state index in [9.17, 15) is 0 Å². The van der Waals surface area contributed by atoms with Crippen molar-refractivity contribution in [1.29, 1.82) is 0 Å². The van der Waals surface area contributed by atoms with Gasteiger partial charge in [-0.2, -0.15) is 0 Å². The molecule has 1 heterocycles. The van der Waals surface area contributed by atoms with Gasteiger partial charge in [-0.05, 0) is 81.2 Å². The van der Waals surface area contributed by atoms with E-state index in [0.29, 0.717) is 0 Å².